The van der Waals surface area contributed by atoms with Crippen molar-refractivity contribution in [2.45, 2.75) is 56.7 Å². The SMILES string of the molecule is Cc1cnc(C(Cc2c[nH]c3ccccc23)NC2CCC(c3cccc(F)c3)(N(C)C)CC2)o1. The Morgan fingerprint density at radius 3 is 2.68 bits per heavy atom. The van der Waals surface area contributed by atoms with Gasteiger partial charge in [-0.3, -0.25) is 4.90 Å². The molecule has 0 amide bonds. The van der Waals surface area contributed by atoms with E-state index in [0.717, 1.165) is 54.8 Å². The molecule has 178 valence electrons. The monoisotopic (exact) mass is 460 g/mol. The first-order valence-electron chi connectivity index (χ1n) is 12.1. The lowest BCUT2D eigenvalue weighted by Crippen LogP contribution is -2.48. The number of benzene rings is 2. The zero-order valence-electron chi connectivity index (χ0n) is 20.1. The maximum absolute atomic E-state index is 14.0. The number of aromatic amines is 1. The van der Waals surface area contributed by atoms with Crippen molar-refractivity contribution in [1.29, 1.82) is 0 Å². The minimum absolute atomic E-state index is 0.0149. The summed E-state index contributed by atoms with van der Waals surface area (Å²) in [5.41, 5.74) is 3.31. The lowest BCUT2D eigenvalue weighted by atomic mass is 9.74. The molecule has 1 atom stereocenters. The van der Waals surface area contributed by atoms with Crippen LogP contribution in [0.3, 0.4) is 0 Å². The van der Waals surface area contributed by atoms with Crippen LogP contribution in [0.5, 0.6) is 0 Å². The number of H-pyrrole nitrogens is 1. The summed E-state index contributed by atoms with van der Waals surface area (Å²) in [7, 11) is 4.21. The average molecular weight is 461 g/mol. The van der Waals surface area contributed by atoms with Gasteiger partial charge in [-0.1, -0.05) is 30.3 Å². The molecular formula is C28H33FN4O. The Balaban J connectivity index is 1.35. The van der Waals surface area contributed by atoms with Crippen molar-refractivity contribution < 1.29 is 8.81 Å². The molecule has 4 aromatic rings. The molecule has 34 heavy (non-hydrogen) atoms. The van der Waals surface area contributed by atoms with E-state index in [9.17, 15) is 4.39 Å². The summed E-state index contributed by atoms with van der Waals surface area (Å²) in [5.74, 6) is 1.39. The van der Waals surface area contributed by atoms with Gasteiger partial charge in [-0.05, 0) is 82.4 Å². The highest BCUT2D eigenvalue weighted by Crippen LogP contribution is 2.42. The minimum atomic E-state index is -0.169. The van der Waals surface area contributed by atoms with Crippen LogP contribution in [0.4, 0.5) is 4.39 Å². The number of aromatic nitrogens is 2. The van der Waals surface area contributed by atoms with Gasteiger partial charge < -0.3 is 14.7 Å². The molecule has 0 radical (unpaired) electrons. The molecule has 0 spiro atoms. The Morgan fingerprint density at radius 2 is 1.97 bits per heavy atom. The van der Waals surface area contributed by atoms with Gasteiger partial charge in [0.05, 0.1) is 12.2 Å². The van der Waals surface area contributed by atoms with Crippen molar-refractivity contribution in [3.05, 3.63) is 89.5 Å². The van der Waals surface area contributed by atoms with E-state index in [1.165, 1.54) is 17.0 Å². The van der Waals surface area contributed by atoms with E-state index in [2.05, 4.69) is 64.7 Å². The summed E-state index contributed by atoms with van der Waals surface area (Å²) in [6, 6.07) is 15.8. The maximum Gasteiger partial charge on any atom is 0.211 e. The Morgan fingerprint density at radius 1 is 1.18 bits per heavy atom. The zero-order valence-corrected chi connectivity index (χ0v) is 20.1. The van der Waals surface area contributed by atoms with Crippen LogP contribution in [0, 0.1) is 12.7 Å². The number of rotatable bonds is 7. The highest BCUT2D eigenvalue weighted by Gasteiger charge is 2.39. The van der Waals surface area contributed by atoms with Gasteiger partial charge in [0.25, 0.3) is 0 Å². The van der Waals surface area contributed by atoms with E-state index in [-0.39, 0.29) is 17.4 Å². The molecule has 0 bridgehead atoms. The fourth-order valence-electron chi connectivity index (χ4n) is 5.59. The Labute approximate surface area is 200 Å². The van der Waals surface area contributed by atoms with E-state index >= 15 is 0 Å². The molecule has 6 heteroatoms. The fourth-order valence-corrected chi connectivity index (χ4v) is 5.59. The molecule has 1 saturated carbocycles. The van der Waals surface area contributed by atoms with Gasteiger partial charge in [0.2, 0.25) is 5.89 Å². The van der Waals surface area contributed by atoms with Crippen LogP contribution in [0.25, 0.3) is 10.9 Å². The summed E-state index contributed by atoms with van der Waals surface area (Å²) in [4.78, 5) is 10.2. The fraction of sp³-hybridized carbons (Fsp3) is 0.393. The number of oxazole rings is 1. The van der Waals surface area contributed by atoms with Crippen LogP contribution < -0.4 is 5.32 Å². The first kappa shape index (κ1) is 22.8. The minimum Gasteiger partial charge on any atom is -0.444 e. The van der Waals surface area contributed by atoms with Crippen LogP contribution in [-0.4, -0.2) is 35.0 Å². The molecule has 1 aliphatic carbocycles. The van der Waals surface area contributed by atoms with Crippen molar-refractivity contribution in [1.82, 2.24) is 20.2 Å². The first-order chi connectivity index (χ1) is 16.4. The van der Waals surface area contributed by atoms with E-state index < -0.39 is 0 Å². The zero-order chi connectivity index (χ0) is 23.7. The molecule has 5 nitrogen and oxygen atoms in total. The smallest absolute Gasteiger partial charge is 0.211 e. The van der Waals surface area contributed by atoms with Crippen LogP contribution in [-0.2, 0) is 12.0 Å². The lowest BCUT2D eigenvalue weighted by molar-refractivity contribution is 0.0820. The predicted molar refractivity (Wildman–Crippen MR) is 133 cm³/mol. The summed E-state index contributed by atoms with van der Waals surface area (Å²) in [6.45, 7) is 1.93. The molecular weight excluding hydrogens is 427 g/mol. The molecule has 2 heterocycles. The molecule has 2 aromatic heterocycles. The Bertz CT molecular complexity index is 1250. The number of nitrogens with zero attached hydrogens (tertiary/aromatic N) is 2. The highest BCUT2D eigenvalue weighted by molar-refractivity contribution is 5.83. The molecule has 2 aromatic carbocycles. The second-order valence-corrected chi connectivity index (χ2v) is 9.80. The van der Waals surface area contributed by atoms with Gasteiger partial charge in [0.1, 0.15) is 11.6 Å². The second-order valence-electron chi connectivity index (χ2n) is 9.80. The van der Waals surface area contributed by atoms with E-state index in [1.807, 2.05) is 19.1 Å². The topological polar surface area (TPSA) is 57.1 Å². The molecule has 1 aliphatic rings. The molecule has 5 rings (SSSR count). The van der Waals surface area contributed by atoms with Gasteiger partial charge >= 0.3 is 0 Å². The summed E-state index contributed by atoms with van der Waals surface area (Å²) in [6.07, 6.45) is 8.61. The average Bonchev–Trinajstić information content (AvgIpc) is 3.45. The van der Waals surface area contributed by atoms with Crippen molar-refractivity contribution in [3.63, 3.8) is 0 Å². The van der Waals surface area contributed by atoms with Crippen LogP contribution in [0.15, 0.2) is 65.3 Å². The number of hydrogen-bond acceptors (Lipinski definition) is 4. The molecule has 0 saturated heterocycles. The number of para-hydroxylation sites is 1. The molecule has 1 fully saturated rings. The van der Waals surface area contributed by atoms with E-state index in [1.54, 1.807) is 12.3 Å². The number of nitrogens with one attached hydrogen (secondary N) is 2. The van der Waals surface area contributed by atoms with Crippen LogP contribution in [0.1, 0.15) is 54.5 Å². The summed E-state index contributed by atoms with van der Waals surface area (Å²) < 4.78 is 20.0. The van der Waals surface area contributed by atoms with Crippen molar-refractivity contribution in [2.75, 3.05) is 14.1 Å². The van der Waals surface area contributed by atoms with Crippen LogP contribution in [0.2, 0.25) is 0 Å². The number of hydrogen-bond donors (Lipinski definition) is 2. The quantitative estimate of drug-likeness (QED) is 0.362. The van der Waals surface area contributed by atoms with Crippen molar-refractivity contribution in [3.8, 4) is 0 Å². The molecule has 2 N–H and O–H groups in total. The van der Waals surface area contributed by atoms with Gasteiger partial charge in [0.15, 0.2) is 0 Å². The maximum atomic E-state index is 14.0. The summed E-state index contributed by atoms with van der Waals surface area (Å²) in [5, 5.41) is 5.10. The normalized spacial score (nSPS) is 21.9. The van der Waals surface area contributed by atoms with E-state index in [0.29, 0.717) is 6.04 Å². The third kappa shape index (κ3) is 4.40. The molecule has 1 unspecified atom stereocenters. The number of aryl methyl sites for hydroxylation is 1. The second kappa shape index (κ2) is 9.35. The van der Waals surface area contributed by atoms with Gasteiger partial charge in [-0.2, -0.15) is 0 Å². The first-order valence-corrected chi connectivity index (χ1v) is 12.1. The van der Waals surface area contributed by atoms with Gasteiger partial charge in [-0.25, -0.2) is 9.37 Å². The standard InChI is InChI=1S/C28H33FN4O/c1-19-17-31-27(34-19)26(15-20-18-30-25-10-5-4-9-24(20)25)32-23-11-13-28(14-12-23,33(2)3)21-7-6-8-22(29)16-21/h4-10,16-18,23,26,30,32H,11-15H2,1-3H3. The lowest BCUT2D eigenvalue weighted by Gasteiger charge is -2.46. The highest BCUT2D eigenvalue weighted by atomic mass is 19.1. The Hall–Kier alpha value is -2.96. The molecule has 0 aliphatic heterocycles. The third-order valence-corrected chi connectivity index (χ3v) is 7.50. The third-order valence-electron chi connectivity index (χ3n) is 7.50. The number of fused-ring (bicyclic) bond motifs is 1. The number of halogens is 1. The van der Waals surface area contributed by atoms with Crippen LogP contribution >= 0.6 is 0 Å². The van der Waals surface area contributed by atoms with Crippen molar-refractivity contribution in [2.24, 2.45) is 0 Å². The van der Waals surface area contributed by atoms with Gasteiger partial charge in [-0.15, -0.1) is 0 Å². The van der Waals surface area contributed by atoms with Crippen molar-refractivity contribution >= 4 is 10.9 Å². The largest absolute Gasteiger partial charge is 0.444 e. The van der Waals surface area contributed by atoms with Gasteiger partial charge in [0, 0.05) is 28.7 Å². The predicted octanol–water partition coefficient (Wildman–Crippen LogP) is 5.88. The summed E-state index contributed by atoms with van der Waals surface area (Å²) >= 11 is 0. The Kier molecular flexibility index (Phi) is 6.28. The van der Waals surface area contributed by atoms with E-state index in [4.69, 9.17) is 4.42 Å².